The van der Waals surface area contributed by atoms with Crippen LogP contribution in [0.15, 0.2) is 18.3 Å². The summed E-state index contributed by atoms with van der Waals surface area (Å²) in [5.74, 6) is 0.535. The average molecular weight is 277 g/mol. The van der Waals surface area contributed by atoms with E-state index in [-0.39, 0.29) is 5.91 Å². The predicted octanol–water partition coefficient (Wildman–Crippen LogP) is 3.41. The quantitative estimate of drug-likeness (QED) is 0.792. The lowest BCUT2D eigenvalue weighted by Gasteiger charge is -2.23. The van der Waals surface area contributed by atoms with Gasteiger partial charge >= 0.3 is 0 Å². The number of amides is 1. The standard InChI is InChI=1S/C16H27N3O/c1-5-9-17-14-8-10-18-15(11-14)16(20)19(7-3)12-13(4)6-2/h8,10-11,13H,5-7,9,12H2,1-4H3,(H,17,18). The van der Waals surface area contributed by atoms with E-state index in [0.29, 0.717) is 11.6 Å². The third-order valence-corrected chi connectivity index (χ3v) is 3.46. The second-order valence-corrected chi connectivity index (χ2v) is 5.21. The molecule has 1 N–H and O–H groups in total. The Labute approximate surface area is 122 Å². The molecule has 1 heterocycles. The van der Waals surface area contributed by atoms with Gasteiger partial charge < -0.3 is 10.2 Å². The van der Waals surface area contributed by atoms with Crippen LogP contribution in [0.4, 0.5) is 5.69 Å². The van der Waals surface area contributed by atoms with E-state index in [1.807, 2.05) is 24.0 Å². The highest BCUT2D eigenvalue weighted by atomic mass is 16.2. The van der Waals surface area contributed by atoms with Gasteiger partial charge in [-0.3, -0.25) is 9.78 Å². The van der Waals surface area contributed by atoms with Gasteiger partial charge in [-0.1, -0.05) is 27.2 Å². The molecule has 1 aromatic rings. The first-order valence-electron chi connectivity index (χ1n) is 7.61. The summed E-state index contributed by atoms with van der Waals surface area (Å²) in [7, 11) is 0. The van der Waals surface area contributed by atoms with Crippen LogP contribution in [0.5, 0.6) is 0 Å². The number of nitrogens with one attached hydrogen (secondary N) is 1. The maximum absolute atomic E-state index is 12.5. The lowest BCUT2D eigenvalue weighted by atomic mass is 10.1. The van der Waals surface area contributed by atoms with E-state index in [9.17, 15) is 4.79 Å². The second kappa shape index (κ2) is 8.56. The van der Waals surface area contributed by atoms with Crippen molar-refractivity contribution < 1.29 is 4.79 Å². The van der Waals surface area contributed by atoms with Gasteiger partial charge in [-0.2, -0.15) is 0 Å². The first-order chi connectivity index (χ1) is 9.62. The summed E-state index contributed by atoms with van der Waals surface area (Å²) in [5, 5.41) is 3.29. The maximum Gasteiger partial charge on any atom is 0.272 e. The molecule has 0 saturated heterocycles. The molecule has 0 aliphatic carbocycles. The molecule has 0 spiro atoms. The zero-order valence-electron chi connectivity index (χ0n) is 13.1. The molecule has 20 heavy (non-hydrogen) atoms. The van der Waals surface area contributed by atoms with E-state index in [1.54, 1.807) is 6.20 Å². The van der Waals surface area contributed by atoms with Crippen LogP contribution in [0.25, 0.3) is 0 Å². The number of anilines is 1. The second-order valence-electron chi connectivity index (χ2n) is 5.21. The first kappa shape index (κ1) is 16.5. The fourth-order valence-corrected chi connectivity index (χ4v) is 1.95. The molecule has 0 fully saturated rings. The fourth-order valence-electron chi connectivity index (χ4n) is 1.95. The monoisotopic (exact) mass is 277 g/mol. The largest absolute Gasteiger partial charge is 0.385 e. The number of carbonyl (C=O) groups is 1. The Balaban J connectivity index is 2.78. The van der Waals surface area contributed by atoms with Crippen LogP contribution in [0.2, 0.25) is 0 Å². The van der Waals surface area contributed by atoms with Gasteiger partial charge in [0.25, 0.3) is 5.91 Å². The van der Waals surface area contributed by atoms with Crippen LogP contribution in [0, 0.1) is 5.92 Å². The molecule has 0 aliphatic heterocycles. The van der Waals surface area contributed by atoms with E-state index in [2.05, 4.69) is 31.1 Å². The molecule has 0 saturated carbocycles. The summed E-state index contributed by atoms with van der Waals surface area (Å²) in [6.45, 7) is 10.9. The van der Waals surface area contributed by atoms with E-state index in [0.717, 1.165) is 38.2 Å². The molecule has 1 atom stereocenters. The summed E-state index contributed by atoms with van der Waals surface area (Å²) in [5.41, 5.74) is 1.49. The van der Waals surface area contributed by atoms with Gasteiger partial charge in [-0.15, -0.1) is 0 Å². The van der Waals surface area contributed by atoms with E-state index in [1.165, 1.54) is 0 Å². The molecule has 0 radical (unpaired) electrons. The highest BCUT2D eigenvalue weighted by Gasteiger charge is 2.17. The summed E-state index contributed by atoms with van der Waals surface area (Å²) in [6.07, 6.45) is 3.83. The molecule has 4 nitrogen and oxygen atoms in total. The Morgan fingerprint density at radius 3 is 2.75 bits per heavy atom. The first-order valence-corrected chi connectivity index (χ1v) is 7.61. The number of carbonyl (C=O) groups excluding carboxylic acids is 1. The Morgan fingerprint density at radius 1 is 1.40 bits per heavy atom. The van der Waals surface area contributed by atoms with Gasteiger partial charge in [-0.05, 0) is 31.4 Å². The number of nitrogens with zero attached hydrogens (tertiary/aromatic N) is 2. The molecular weight excluding hydrogens is 250 g/mol. The Bertz CT molecular complexity index is 420. The van der Waals surface area contributed by atoms with Crippen molar-refractivity contribution in [3.8, 4) is 0 Å². The van der Waals surface area contributed by atoms with Gasteiger partial charge in [-0.25, -0.2) is 0 Å². The number of rotatable bonds is 8. The summed E-state index contributed by atoms with van der Waals surface area (Å²) >= 11 is 0. The van der Waals surface area contributed by atoms with Crippen molar-refractivity contribution in [3.05, 3.63) is 24.0 Å². The molecule has 0 aromatic carbocycles. The van der Waals surface area contributed by atoms with Crippen LogP contribution >= 0.6 is 0 Å². The average Bonchev–Trinajstić information content (AvgIpc) is 2.49. The van der Waals surface area contributed by atoms with Crippen molar-refractivity contribution in [1.82, 2.24) is 9.88 Å². The molecule has 1 unspecified atom stereocenters. The van der Waals surface area contributed by atoms with Crippen molar-refractivity contribution in [2.75, 3.05) is 25.0 Å². The molecule has 1 amide bonds. The normalized spacial score (nSPS) is 12.0. The summed E-state index contributed by atoms with van der Waals surface area (Å²) in [4.78, 5) is 18.6. The Morgan fingerprint density at radius 2 is 2.15 bits per heavy atom. The third-order valence-electron chi connectivity index (χ3n) is 3.46. The lowest BCUT2D eigenvalue weighted by molar-refractivity contribution is 0.0735. The number of hydrogen-bond acceptors (Lipinski definition) is 3. The Hall–Kier alpha value is -1.58. The number of pyridine rings is 1. The highest BCUT2D eigenvalue weighted by Crippen LogP contribution is 2.12. The van der Waals surface area contributed by atoms with Gasteiger partial charge in [0.05, 0.1) is 0 Å². The van der Waals surface area contributed by atoms with Gasteiger partial charge in [0.15, 0.2) is 0 Å². The minimum atomic E-state index is 0.0212. The molecule has 112 valence electrons. The minimum absolute atomic E-state index is 0.0212. The van der Waals surface area contributed by atoms with Gasteiger partial charge in [0.1, 0.15) is 5.69 Å². The minimum Gasteiger partial charge on any atom is -0.385 e. The fraction of sp³-hybridized carbons (Fsp3) is 0.625. The molecule has 1 rings (SSSR count). The zero-order chi connectivity index (χ0) is 15.0. The maximum atomic E-state index is 12.5. The van der Waals surface area contributed by atoms with Crippen LogP contribution in [-0.4, -0.2) is 35.4 Å². The van der Waals surface area contributed by atoms with Gasteiger partial charge in [0.2, 0.25) is 0 Å². The van der Waals surface area contributed by atoms with E-state index >= 15 is 0 Å². The van der Waals surface area contributed by atoms with Crippen molar-refractivity contribution in [3.63, 3.8) is 0 Å². The van der Waals surface area contributed by atoms with E-state index in [4.69, 9.17) is 0 Å². The van der Waals surface area contributed by atoms with Crippen molar-refractivity contribution >= 4 is 11.6 Å². The number of hydrogen-bond donors (Lipinski definition) is 1. The molecule has 4 heteroatoms. The van der Waals surface area contributed by atoms with Crippen molar-refractivity contribution in [2.24, 2.45) is 5.92 Å². The molecular formula is C16H27N3O. The lowest BCUT2D eigenvalue weighted by Crippen LogP contribution is -2.35. The topological polar surface area (TPSA) is 45.2 Å². The highest BCUT2D eigenvalue weighted by molar-refractivity contribution is 5.93. The SMILES string of the molecule is CCCNc1ccnc(C(=O)N(CC)CC(C)CC)c1. The van der Waals surface area contributed by atoms with Crippen molar-refractivity contribution in [1.29, 1.82) is 0 Å². The smallest absolute Gasteiger partial charge is 0.272 e. The zero-order valence-corrected chi connectivity index (χ0v) is 13.1. The number of aromatic nitrogens is 1. The van der Waals surface area contributed by atoms with Crippen LogP contribution < -0.4 is 5.32 Å². The van der Waals surface area contributed by atoms with E-state index < -0.39 is 0 Å². The van der Waals surface area contributed by atoms with Gasteiger partial charge in [0, 0.05) is 31.5 Å². The van der Waals surface area contributed by atoms with Crippen LogP contribution in [-0.2, 0) is 0 Å². The van der Waals surface area contributed by atoms with Crippen LogP contribution in [0.1, 0.15) is 51.0 Å². The molecule has 0 bridgehead atoms. The third kappa shape index (κ3) is 4.83. The predicted molar refractivity (Wildman–Crippen MR) is 84.1 cm³/mol. The molecule has 0 aliphatic rings. The van der Waals surface area contributed by atoms with Crippen LogP contribution in [0.3, 0.4) is 0 Å². The molecule has 1 aromatic heterocycles. The van der Waals surface area contributed by atoms with Crippen molar-refractivity contribution in [2.45, 2.75) is 40.5 Å². The Kier molecular flexibility index (Phi) is 7.05. The summed E-state index contributed by atoms with van der Waals surface area (Å²) in [6, 6.07) is 3.74. The summed E-state index contributed by atoms with van der Waals surface area (Å²) < 4.78 is 0.